The first-order valence-corrected chi connectivity index (χ1v) is 8.87. The van der Waals surface area contributed by atoms with Crippen LogP contribution in [0.5, 0.6) is 0 Å². The molecule has 2 saturated heterocycles. The van der Waals surface area contributed by atoms with E-state index in [1.54, 1.807) is 0 Å². The molecular formula is C18H28O2. The molecule has 0 aromatic carbocycles. The zero-order valence-corrected chi connectivity index (χ0v) is 12.6. The Morgan fingerprint density at radius 2 is 1.80 bits per heavy atom. The summed E-state index contributed by atoms with van der Waals surface area (Å²) in [6.45, 7) is 0.897. The largest absolute Gasteiger partial charge is 0.501 e. The van der Waals surface area contributed by atoms with Crippen LogP contribution in [0.1, 0.15) is 64.2 Å². The molecule has 2 aliphatic heterocycles. The third-order valence-corrected chi connectivity index (χ3v) is 6.16. The Morgan fingerprint density at radius 1 is 1.00 bits per heavy atom. The number of allylic oxidation sites excluding steroid dienone is 1. The average Bonchev–Trinajstić information content (AvgIpc) is 3.08. The van der Waals surface area contributed by atoms with Gasteiger partial charge in [0.2, 0.25) is 0 Å². The van der Waals surface area contributed by atoms with E-state index in [-0.39, 0.29) is 0 Å². The van der Waals surface area contributed by atoms with Gasteiger partial charge < -0.3 is 9.47 Å². The maximum Gasteiger partial charge on any atom is 0.0927 e. The number of fused-ring (bicyclic) bond motifs is 5. The van der Waals surface area contributed by atoms with Crippen molar-refractivity contribution in [3.63, 3.8) is 0 Å². The molecule has 112 valence electrons. The second-order valence-electron chi connectivity index (χ2n) is 7.42. The third kappa shape index (κ3) is 2.41. The van der Waals surface area contributed by atoms with E-state index in [0.717, 1.165) is 18.4 Å². The highest BCUT2D eigenvalue weighted by Crippen LogP contribution is 2.52. The van der Waals surface area contributed by atoms with Crippen molar-refractivity contribution < 1.29 is 9.47 Å². The summed E-state index contributed by atoms with van der Waals surface area (Å²) in [6.07, 6.45) is 16.8. The smallest absolute Gasteiger partial charge is 0.0927 e. The molecule has 2 heteroatoms. The van der Waals surface area contributed by atoms with E-state index in [1.807, 2.05) is 0 Å². The summed E-state index contributed by atoms with van der Waals surface area (Å²) in [5.41, 5.74) is 1.54. The van der Waals surface area contributed by atoms with Crippen molar-refractivity contribution in [1.29, 1.82) is 0 Å². The van der Waals surface area contributed by atoms with Gasteiger partial charge in [0, 0.05) is 5.92 Å². The predicted molar refractivity (Wildman–Crippen MR) is 79.3 cm³/mol. The Kier molecular flexibility index (Phi) is 3.76. The van der Waals surface area contributed by atoms with Crippen LogP contribution in [0, 0.1) is 17.8 Å². The summed E-state index contributed by atoms with van der Waals surface area (Å²) in [5, 5.41) is 0. The third-order valence-electron chi connectivity index (χ3n) is 6.16. The van der Waals surface area contributed by atoms with Gasteiger partial charge in [0.05, 0.1) is 25.1 Å². The Labute approximate surface area is 122 Å². The van der Waals surface area contributed by atoms with Crippen LogP contribution in [-0.4, -0.2) is 18.8 Å². The maximum absolute atomic E-state index is 6.27. The van der Waals surface area contributed by atoms with E-state index in [1.165, 1.54) is 69.8 Å². The minimum Gasteiger partial charge on any atom is -0.501 e. The number of hydrogen-bond donors (Lipinski definition) is 0. The van der Waals surface area contributed by atoms with Crippen LogP contribution in [0.3, 0.4) is 0 Å². The lowest BCUT2D eigenvalue weighted by Gasteiger charge is -2.35. The van der Waals surface area contributed by atoms with E-state index in [2.05, 4.69) is 6.26 Å². The van der Waals surface area contributed by atoms with Gasteiger partial charge >= 0.3 is 0 Å². The van der Waals surface area contributed by atoms with Crippen LogP contribution in [0.2, 0.25) is 0 Å². The average molecular weight is 276 g/mol. The molecule has 0 spiro atoms. The molecule has 4 aliphatic rings. The Bertz CT molecular complexity index is 368. The summed E-state index contributed by atoms with van der Waals surface area (Å²) in [5.74, 6) is 2.42. The number of hydrogen-bond acceptors (Lipinski definition) is 2. The summed E-state index contributed by atoms with van der Waals surface area (Å²) in [6, 6.07) is 0. The molecule has 2 aliphatic carbocycles. The van der Waals surface area contributed by atoms with E-state index in [9.17, 15) is 0 Å². The van der Waals surface area contributed by atoms with Crippen LogP contribution >= 0.6 is 0 Å². The lowest BCUT2D eigenvalue weighted by atomic mass is 9.68. The normalized spacial score (nSPS) is 43.4. The van der Waals surface area contributed by atoms with Crippen LogP contribution < -0.4 is 0 Å². The van der Waals surface area contributed by atoms with Crippen LogP contribution in [0.4, 0.5) is 0 Å². The highest BCUT2D eigenvalue weighted by molar-refractivity contribution is 5.03. The van der Waals surface area contributed by atoms with Crippen molar-refractivity contribution in [3.8, 4) is 0 Å². The second kappa shape index (κ2) is 5.71. The van der Waals surface area contributed by atoms with Crippen molar-refractivity contribution in [2.75, 3.05) is 6.61 Å². The van der Waals surface area contributed by atoms with Gasteiger partial charge in [-0.05, 0) is 62.4 Å². The lowest BCUT2D eigenvalue weighted by molar-refractivity contribution is 0.0547. The maximum atomic E-state index is 6.27. The molecule has 2 saturated carbocycles. The lowest BCUT2D eigenvalue weighted by Crippen LogP contribution is -2.36. The van der Waals surface area contributed by atoms with Gasteiger partial charge in [0.25, 0.3) is 0 Å². The fourth-order valence-electron chi connectivity index (χ4n) is 5.16. The Balaban J connectivity index is 1.30. The first kappa shape index (κ1) is 13.2. The molecule has 0 radical (unpaired) electrons. The number of ether oxygens (including phenoxy) is 2. The van der Waals surface area contributed by atoms with Gasteiger partial charge in [0.15, 0.2) is 0 Å². The molecule has 0 amide bonds. The fraction of sp³-hybridized carbons (Fsp3) is 0.889. The molecule has 5 unspecified atom stereocenters. The molecule has 5 atom stereocenters. The molecule has 2 nitrogen and oxygen atoms in total. The Morgan fingerprint density at radius 3 is 2.65 bits per heavy atom. The molecule has 0 aromatic heterocycles. The first-order chi connectivity index (χ1) is 9.92. The van der Waals surface area contributed by atoms with E-state index in [4.69, 9.17) is 9.47 Å². The van der Waals surface area contributed by atoms with Crippen LogP contribution in [0.15, 0.2) is 11.8 Å². The molecule has 2 bridgehead atoms. The van der Waals surface area contributed by atoms with Crippen molar-refractivity contribution in [2.45, 2.75) is 76.4 Å². The van der Waals surface area contributed by atoms with Crippen molar-refractivity contribution >= 4 is 0 Å². The van der Waals surface area contributed by atoms with Crippen molar-refractivity contribution in [1.82, 2.24) is 0 Å². The minimum atomic E-state index is 0.523. The van der Waals surface area contributed by atoms with Crippen molar-refractivity contribution in [3.05, 3.63) is 11.8 Å². The molecule has 0 N–H and O–H groups in total. The minimum absolute atomic E-state index is 0.523. The van der Waals surface area contributed by atoms with Gasteiger partial charge in [-0.25, -0.2) is 0 Å². The fourth-order valence-corrected chi connectivity index (χ4v) is 5.16. The summed E-state index contributed by atoms with van der Waals surface area (Å²) < 4.78 is 12.2. The summed E-state index contributed by atoms with van der Waals surface area (Å²) >= 11 is 0. The van der Waals surface area contributed by atoms with Gasteiger partial charge in [-0.15, -0.1) is 0 Å². The predicted octanol–water partition coefficient (Wildman–Crippen LogP) is 4.44. The zero-order valence-electron chi connectivity index (χ0n) is 12.6. The Hall–Kier alpha value is -0.500. The summed E-state index contributed by atoms with van der Waals surface area (Å²) in [4.78, 5) is 0. The molecule has 20 heavy (non-hydrogen) atoms. The van der Waals surface area contributed by atoms with E-state index < -0.39 is 0 Å². The molecule has 4 rings (SSSR count). The van der Waals surface area contributed by atoms with Crippen LogP contribution in [-0.2, 0) is 9.47 Å². The van der Waals surface area contributed by atoms with Crippen LogP contribution in [0.25, 0.3) is 0 Å². The standard InChI is InChI=1S/C18H28O2/c1-2-6-13(7-3-1)11-19-12-14-10-17-15-8-4-5-9-16(15)18(14)20-17/h11,14-18H,1-10,12H2. The van der Waals surface area contributed by atoms with E-state index >= 15 is 0 Å². The summed E-state index contributed by atoms with van der Waals surface area (Å²) in [7, 11) is 0. The van der Waals surface area contributed by atoms with E-state index in [0.29, 0.717) is 18.1 Å². The van der Waals surface area contributed by atoms with Gasteiger partial charge in [-0.1, -0.05) is 19.3 Å². The van der Waals surface area contributed by atoms with Gasteiger partial charge in [0.1, 0.15) is 0 Å². The second-order valence-corrected chi connectivity index (χ2v) is 7.42. The molecule has 2 heterocycles. The van der Waals surface area contributed by atoms with Crippen molar-refractivity contribution in [2.24, 2.45) is 17.8 Å². The highest BCUT2D eigenvalue weighted by Gasteiger charge is 2.54. The number of rotatable bonds is 3. The quantitative estimate of drug-likeness (QED) is 0.709. The monoisotopic (exact) mass is 276 g/mol. The SMILES string of the molecule is C(OCC1CC2OC1C1CCCCC21)=C1CCCCC1. The van der Waals surface area contributed by atoms with Gasteiger partial charge in [-0.2, -0.15) is 0 Å². The molecular weight excluding hydrogens is 248 g/mol. The highest BCUT2D eigenvalue weighted by atomic mass is 16.5. The first-order valence-electron chi connectivity index (χ1n) is 8.87. The molecule has 0 aromatic rings. The topological polar surface area (TPSA) is 18.5 Å². The van der Waals surface area contributed by atoms with Gasteiger partial charge in [-0.3, -0.25) is 0 Å². The molecule has 4 fully saturated rings. The zero-order chi connectivity index (χ0) is 13.4.